The summed E-state index contributed by atoms with van der Waals surface area (Å²) < 4.78 is 0.479. The maximum absolute atomic E-state index is 12.4. The lowest BCUT2D eigenvalue weighted by Crippen LogP contribution is -2.50. The van der Waals surface area contributed by atoms with E-state index in [2.05, 4.69) is 6.07 Å². The second-order valence-electron chi connectivity index (χ2n) is 4.29. The molecule has 0 spiro atoms. The molecule has 1 aromatic rings. The zero-order valence-corrected chi connectivity index (χ0v) is 14.1. The fraction of sp³-hybridized carbons (Fsp3) is 0.267. The van der Waals surface area contributed by atoms with Crippen LogP contribution in [0.2, 0.25) is 0 Å². The minimum absolute atomic E-state index is 0.166. The third kappa shape index (κ3) is 2.61. The van der Waals surface area contributed by atoms with Gasteiger partial charge in [-0.2, -0.15) is 5.26 Å². The summed E-state index contributed by atoms with van der Waals surface area (Å²) in [7, 11) is 0. The number of thiocarbonyl (C=S) groups is 1. The van der Waals surface area contributed by atoms with Crippen molar-refractivity contribution in [2.45, 2.75) is 12.5 Å². The number of carbonyl (C=O) groups is 1. The number of rotatable bonds is 2. The Balaban J connectivity index is 2.66. The standard InChI is InChI=1S/C15H14N2OS3/c1-3-21-14(18)17-9-8-11-6-4-5-7-12(11)15(17,10-16)13(19)20-2/h4-9H,3H2,1-2H3. The van der Waals surface area contributed by atoms with Gasteiger partial charge in [-0.3, -0.25) is 9.69 Å². The predicted molar refractivity (Wildman–Crippen MR) is 94.2 cm³/mol. The topological polar surface area (TPSA) is 44.1 Å². The number of carbonyl (C=O) groups excluding carboxylic acids is 1. The molecule has 3 nitrogen and oxygen atoms in total. The van der Waals surface area contributed by atoms with Crippen molar-refractivity contribution in [3.63, 3.8) is 0 Å². The summed E-state index contributed by atoms with van der Waals surface area (Å²) in [6.07, 6.45) is 5.35. The van der Waals surface area contributed by atoms with Gasteiger partial charge < -0.3 is 0 Å². The molecule has 1 aromatic carbocycles. The Kier molecular flexibility index (Phi) is 5.09. The summed E-state index contributed by atoms with van der Waals surface area (Å²) in [6, 6.07) is 9.85. The lowest BCUT2D eigenvalue weighted by atomic mass is 9.85. The maximum Gasteiger partial charge on any atom is 0.287 e. The highest BCUT2D eigenvalue weighted by Gasteiger charge is 2.47. The van der Waals surface area contributed by atoms with Gasteiger partial charge in [-0.15, -0.1) is 11.8 Å². The molecule has 2 rings (SSSR count). The van der Waals surface area contributed by atoms with E-state index in [0.29, 0.717) is 9.95 Å². The maximum atomic E-state index is 12.4. The van der Waals surface area contributed by atoms with Crippen LogP contribution in [0.25, 0.3) is 6.08 Å². The molecule has 0 saturated heterocycles. The van der Waals surface area contributed by atoms with Crippen molar-refractivity contribution in [3.8, 4) is 6.07 Å². The second-order valence-corrected chi connectivity index (χ2v) is 6.98. The van der Waals surface area contributed by atoms with Gasteiger partial charge >= 0.3 is 0 Å². The van der Waals surface area contributed by atoms with Crippen molar-refractivity contribution in [2.24, 2.45) is 0 Å². The summed E-state index contributed by atoms with van der Waals surface area (Å²) in [4.78, 5) is 13.9. The molecule has 108 valence electrons. The van der Waals surface area contributed by atoms with Crippen molar-refractivity contribution in [1.29, 1.82) is 5.26 Å². The molecule has 0 aromatic heterocycles. The van der Waals surface area contributed by atoms with E-state index in [1.165, 1.54) is 28.4 Å². The first-order chi connectivity index (χ1) is 10.1. The molecule has 1 aliphatic heterocycles. The SMILES string of the molecule is CCSC(=O)N1C=Cc2ccccc2C1(C#N)C(=S)SC. The first-order valence-electron chi connectivity index (χ1n) is 6.35. The Hall–Kier alpha value is -1.29. The lowest BCUT2D eigenvalue weighted by molar-refractivity contribution is 0.224. The molecule has 1 unspecified atom stereocenters. The van der Waals surface area contributed by atoms with Gasteiger partial charge in [0.15, 0.2) is 0 Å². The van der Waals surface area contributed by atoms with E-state index >= 15 is 0 Å². The molecule has 0 bridgehead atoms. The molecule has 0 aliphatic carbocycles. The van der Waals surface area contributed by atoms with Crippen LogP contribution in [-0.2, 0) is 5.54 Å². The third-order valence-corrected chi connectivity index (χ3v) is 5.42. The molecule has 1 heterocycles. The monoisotopic (exact) mass is 334 g/mol. The average molecular weight is 334 g/mol. The Morgan fingerprint density at radius 1 is 1.48 bits per heavy atom. The fourth-order valence-electron chi connectivity index (χ4n) is 2.27. The minimum atomic E-state index is -1.22. The Morgan fingerprint density at radius 2 is 2.19 bits per heavy atom. The van der Waals surface area contributed by atoms with Crippen molar-refractivity contribution in [3.05, 3.63) is 41.6 Å². The van der Waals surface area contributed by atoms with Crippen LogP contribution in [0.15, 0.2) is 30.5 Å². The first-order valence-corrected chi connectivity index (χ1v) is 8.97. The van der Waals surface area contributed by atoms with Gasteiger partial charge in [-0.1, -0.05) is 55.2 Å². The molecule has 0 saturated carbocycles. The molecule has 0 N–H and O–H groups in total. The zero-order chi connectivity index (χ0) is 15.5. The number of hydrogen-bond donors (Lipinski definition) is 0. The first kappa shape index (κ1) is 16.1. The van der Waals surface area contributed by atoms with Crippen LogP contribution in [0.4, 0.5) is 4.79 Å². The summed E-state index contributed by atoms with van der Waals surface area (Å²) >= 11 is 7.95. The van der Waals surface area contributed by atoms with Gasteiger partial charge in [0.2, 0.25) is 5.54 Å². The molecule has 0 fully saturated rings. The van der Waals surface area contributed by atoms with E-state index in [-0.39, 0.29) is 5.24 Å². The van der Waals surface area contributed by atoms with Gasteiger partial charge in [0.25, 0.3) is 5.24 Å². The molecular weight excluding hydrogens is 320 g/mol. The molecular formula is C15H14N2OS3. The summed E-state index contributed by atoms with van der Waals surface area (Å²) in [5, 5.41) is 9.72. The normalized spacial score (nSPS) is 19.8. The van der Waals surface area contributed by atoms with Gasteiger partial charge in [0.1, 0.15) is 6.07 Å². The highest BCUT2D eigenvalue weighted by atomic mass is 32.2. The number of nitrogens with zero attached hydrogens (tertiary/aromatic N) is 2. The Morgan fingerprint density at radius 3 is 2.81 bits per heavy atom. The van der Waals surface area contributed by atoms with Crippen LogP contribution in [0.3, 0.4) is 0 Å². The molecule has 0 radical (unpaired) electrons. The number of hydrogen-bond acceptors (Lipinski definition) is 5. The minimum Gasteiger partial charge on any atom is -0.281 e. The van der Waals surface area contributed by atoms with Crippen molar-refractivity contribution in [1.82, 2.24) is 4.90 Å². The van der Waals surface area contributed by atoms with Crippen LogP contribution in [-0.4, -0.2) is 26.3 Å². The highest BCUT2D eigenvalue weighted by Crippen LogP contribution is 2.41. The number of thioether (sulfide) groups is 2. The number of fused-ring (bicyclic) bond motifs is 1. The lowest BCUT2D eigenvalue weighted by Gasteiger charge is -2.39. The van der Waals surface area contributed by atoms with Gasteiger partial charge in [-0.25, -0.2) is 0 Å². The van der Waals surface area contributed by atoms with Crippen LogP contribution in [0.5, 0.6) is 0 Å². The van der Waals surface area contributed by atoms with E-state index < -0.39 is 5.54 Å². The molecule has 1 amide bonds. The van der Waals surface area contributed by atoms with Gasteiger partial charge in [0, 0.05) is 11.8 Å². The van der Waals surface area contributed by atoms with Crippen molar-refractivity contribution in [2.75, 3.05) is 12.0 Å². The average Bonchev–Trinajstić information content (AvgIpc) is 2.53. The van der Waals surface area contributed by atoms with Crippen molar-refractivity contribution < 1.29 is 4.79 Å². The number of amides is 1. The summed E-state index contributed by atoms with van der Waals surface area (Å²) in [6.45, 7) is 1.91. The van der Waals surface area contributed by atoms with E-state index in [1.807, 2.05) is 43.5 Å². The van der Waals surface area contributed by atoms with E-state index in [4.69, 9.17) is 12.2 Å². The highest BCUT2D eigenvalue weighted by molar-refractivity contribution is 8.22. The van der Waals surface area contributed by atoms with Crippen LogP contribution >= 0.6 is 35.7 Å². The van der Waals surface area contributed by atoms with Gasteiger partial charge in [-0.05, 0) is 23.6 Å². The second kappa shape index (κ2) is 6.65. The molecule has 1 aliphatic rings. The smallest absolute Gasteiger partial charge is 0.281 e. The molecule has 6 heteroatoms. The van der Waals surface area contributed by atoms with E-state index in [1.54, 1.807) is 6.20 Å². The van der Waals surface area contributed by atoms with E-state index in [9.17, 15) is 10.1 Å². The van der Waals surface area contributed by atoms with Gasteiger partial charge in [0.05, 0.1) is 4.20 Å². The fourth-order valence-corrected chi connectivity index (χ4v) is 3.66. The Bertz CT molecular complexity index is 651. The third-order valence-electron chi connectivity index (χ3n) is 3.22. The molecule has 1 atom stereocenters. The largest absolute Gasteiger partial charge is 0.287 e. The Labute approximate surface area is 138 Å². The summed E-state index contributed by atoms with van der Waals surface area (Å²) in [5.74, 6) is 0.651. The number of nitriles is 1. The van der Waals surface area contributed by atoms with Crippen LogP contribution in [0, 0.1) is 11.3 Å². The zero-order valence-electron chi connectivity index (χ0n) is 11.7. The van der Waals surface area contributed by atoms with Crippen LogP contribution < -0.4 is 0 Å². The molecule has 21 heavy (non-hydrogen) atoms. The van der Waals surface area contributed by atoms with E-state index in [0.717, 1.165) is 11.1 Å². The van der Waals surface area contributed by atoms with Crippen molar-refractivity contribution >= 4 is 51.3 Å². The summed E-state index contributed by atoms with van der Waals surface area (Å²) in [5.41, 5.74) is 0.458. The quantitative estimate of drug-likeness (QED) is 0.756. The van der Waals surface area contributed by atoms with Crippen LogP contribution in [0.1, 0.15) is 18.1 Å². The number of benzene rings is 1. The predicted octanol–water partition coefficient (Wildman–Crippen LogP) is 4.26.